The summed E-state index contributed by atoms with van der Waals surface area (Å²) < 4.78 is 36.8. The van der Waals surface area contributed by atoms with Crippen LogP contribution in [0.15, 0.2) is 0 Å². The van der Waals surface area contributed by atoms with Crippen LogP contribution < -0.4 is 0 Å². The number of carboxylic acids is 1. The van der Waals surface area contributed by atoms with Gasteiger partial charge in [0.15, 0.2) is 0 Å². The Morgan fingerprint density at radius 2 is 1.83 bits per heavy atom. The topological polar surface area (TPSA) is 57.6 Å². The monoisotopic (exact) mass is 267 g/mol. The lowest BCUT2D eigenvalue weighted by molar-refractivity contribution is -0.163. The van der Waals surface area contributed by atoms with Gasteiger partial charge in [0.1, 0.15) is 6.54 Å². The first-order chi connectivity index (χ1) is 8.24. The fourth-order valence-corrected chi connectivity index (χ4v) is 2.25. The van der Waals surface area contributed by atoms with Gasteiger partial charge in [-0.3, -0.25) is 9.59 Å². The second kappa shape index (κ2) is 5.58. The van der Waals surface area contributed by atoms with E-state index in [-0.39, 0.29) is 13.0 Å². The molecule has 1 N–H and O–H groups in total. The molecule has 0 bridgehead atoms. The zero-order chi connectivity index (χ0) is 13.9. The van der Waals surface area contributed by atoms with E-state index in [9.17, 15) is 22.8 Å². The summed E-state index contributed by atoms with van der Waals surface area (Å²) in [6.45, 7) is 0.191. The summed E-state index contributed by atoms with van der Waals surface area (Å²) in [4.78, 5) is 23.3. The summed E-state index contributed by atoms with van der Waals surface area (Å²) in [5.74, 6) is -2.76. The van der Waals surface area contributed by atoms with Crippen molar-refractivity contribution in [3.63, 3.8) is 0 Å². The van der Waals surface area contributed by atoms with Gasteiger partial charge in [-0.05, 0) is 26.2 Å². The van der Waals surface area contributed by atoms with Gasteiger partial charge in [0.05, 0.1) is 5.92 Å². The molecule has 1 saturated carbocycles. The van der Waals surface area contributed by atoms with Gasteiger partial charge >= 0.3 is 12.1 Å². The molecule has 1 aliphatic rings. The first-order valence-electron chi connectivity index (χ1n) is 5.83. The van der Waals surface area contributed by atoms with Crippen molar-refractivity contribution in [2.45, 2.75) is 32.4 Å². The second-order valence-electron chi connectivity index (χ2n) is 4.51. The number of alkyl halides is 3. The summed E-state index contributed by atoms with van der Waals surface area (Å²) in [7, 11) is 0. The standard InChI is InChI=1S/C11H16F3NO3/c1-2-15(6-11(12,13)14)9(16)7-3-4-8(5-7)10(17)18/h7-8H,2-6H2,1H3,(H,17,18)/t7-,8+/m1/s1. The predicted molar refractivity (Wildman–Crippen MR) is 56.8 cm³/mol. The van der Waals surface area contributed by atoms with Crippen LogP contribution in [-0.4, -0.2) is 41.1 Å². The number of hydrogen-bond acceptors (Lipinski definition) is 2. The summed E-state index contributed by atoms with van der Waals surface area (Å²) in [6.07, 6.45) is -3.57. The zero-order valence-electron chi connectivity index (χ0n) is 10.0. The highest BCUT2D eigenvalue weighted by atomic mass is 19.4. The Kier molecular flexibility index (Phi) is 4.59. The number of hydrogen-bond donors (Lipinski definition) is 1. The van der Waals surface area contributed by atoms with E-state index < -0.39 is 36.4 Å². The number of rotatable bonds is 4. The fourth-order valence-electron chi connectivity index (χ4n) is 2.25. The average molecular weight is 267 g/mol. The van der Waals surface area contributed by atoms with Crippen LogP contribution in [0.1, 0.15) is 26.2 Å². The summed E-state index contributed by atoms with van der Waals surface area (Å²) in [5.41, 5.74) is 0. The molecule has 1 rings (SSSR count). The first-order valence-corrected chi connectivity index (χ1v) is 5.83. The lowest BCUT2D eigenvalue weighted by atomic mass is 10.0. The van der Waals surface area contributed by atoms with E-state index in [1.807, 2.05) is 0 Å². The van der Waals surface area contributed by atoms with Crippen molar-refractivity contribution in [3.8, 4) is 0 Å². The normalized spacial score (nSPS) is 24.0. The minimum absolute atomic E-state index is 0.0212. The molecule has 0 spiro atoms. The molecule has 7 heteroatoms. The number of carbonyl (C=O) groups is 2. The van der Waals surface area contributed by atoms with Crippen molar-refractivity contribution in [2.75, 3.05) is 13.1 Å². The molecular formula is C11H16F3NO3. The lowest BCUT2D eigenvalue weighted by Crippen LogP contribution is -2.41. The minimum Gasteiger partial charge on any atom is -0.481 e. The van der Waals surface area contributed by atoms with Crippen LogP contribution in [-0.2, 0) is 9.59 Å². The maximum Gasteiger partial charge on any atom is 0.406 e. The second-order valence-corrected chi connectivity index (χ2v) is 4.51. The Bertz CT molecular complexity index is 330. The number of carboxylic acid groups (broad SMARTS) is 1. The highest BCUT2D eigenvalue weighted by Gasteiger charge is 2.39. The molecule has 18 heavy (non-hydrogen) atoms. The molecule has 0 radical (unpaired) electrons. The molecule has 0 aromatic heterocycles. The third-order valence-electron chi connectivity index (χ3n) is 3.19. The van der Waals surface area contributed by atoms with E-state index in [0.717, 1.165) is 4.90 Å². The smallest absolute Gasteiger partial charge is 0.406 e. The SMILES string of the molecule is CCN(CC(F)(F)F)C(=O)[C@@H]1CC[C@H](C(=O)O)C1. The molecule has 4 nitrogen and oxygen atoms in total. The number of halogens is 3. The number of nitrogens with zero attached hydrogens (tertiary/aromatic N) is 1. The molecule has 0 heterocycles. The van der Waals surface area contributed by atoms with Gasteiger partial charge in [0.2, 0.25) is 5.91 Å². The molecule has 1 amide bonds. The third kappa shape index (κ3) is 3.89. The molecule has 1 aliphatic carbocycles. The van der Waals surface area contributed by atoms with Crippen molar-refractivity contribution in [1.29, 1.82) is 0 Å². The van der Waals surface area contributed by atoms with Crippen LogP contribution in [0.25, 0.3) is 0 Å². The largest absolute Gasteiger partial charge is 0.481 e. The van der Waals surface area contributed by atoms with Gasteiger partial charge < -0.3 is 10.0 Å². The Morgan fingerprint density at radius 1 is 1.28 bits per heavy atom. The van der Waals surface area contributed by atoms with Gasteiger partial charge in [-0.2, -0.15) is 13.2 Å². The summed E-state index contributed by atoms with van der Waals surface area (Å²) in [5, 5.41) is 8.79. The molecule has 0 aromatic rings. The third-order valence-corrected chi connectivity index (χ3v) is 3.19. The molecule has 0 saturated heterocycles. The van der Waals surface area contributed by atoms with E-state index in [1.165, 1.54) is 6.92 Å². The highest BCUT2D eigenvalue weighted by molar-refractivity contribution is 5.81. The molecule has 0 aromatic carbocycles. The average Bonchev–Trinajstić information content (AvgIpc) is 2.72. The molecule has 0 unspecified atom stereocenters. The highest BCUT2D eigenvalue weighted by Crippen LogP contribution is 2.33. The van der Waals surface area contributed by atoms with Crippen LogP contribution >= 0.6 is 0 Å². The van der Waals surface area contributed by atoms with E-state index in [4.69, 9.17) is 5.11 Å². The minimum atomic E-state index is -4.42. The summed E-state index contributed by atoms with van der Waals surface area (Å²) >= 11 is 0. The van der Waals surface area contributed by atoms with Crippen molar-refractivity contribution < 1.29 is 27.9 Å². The first kappa shape index (κ1) is 14.8. The lowest BCUT2D eigenvalue weighted by Gasteiger charge is -2.25. The Hall–Kier alpha value is -1.27. The van der Waals surface area contributed by atoms with Gasteiger partial charge in [0, 0.05) is 12.5 Å². The fraction of sp³-hybridized carbons (Fsp3) is 0.818. The molecule has 0 aliphatic heterocycles. The van der Waals surface area contributed by atoms with Crippen molar-refractivity contribution in [1.82, 2.24) is 4.90 Å². The van der Waals surface area contributed by atoms with Crippen LogP contribution in [0.4, 0.5) is 13.2 Å². The van der Waals surface area contributed by atoms with Crippen LogP contribution in [0.3, 0.4) is 0 Å². The van der Waals surface area contributed by atoms with Crippen LogP contribution in [0, 0.1) is 11.8 Å². The van der Waals surface area contributed by atoms with Crippen LogP contribution in [0.2, 0.25) is 0 Å². The van der Waals surface area contributed by atoms with Crippen LogP contribution in [0.5, 0.6) is 0 Å². The Labute approximate surface area is 103 Å². The van der Waals surface area contributed by atoms with E-state index in [2.05, 4.69) is 0 Å². The Balaban J connectivity index is 2.60. The van der Waals surface area contributed by atoms with Gasteiger partial charge in [0.25, 0.3) is 0 Å². The van der Waals surface area contributed by atoms with Crippen molar-refractivity contribution in [2.24, 2.45) is 11.8 Å². The van der Waals surface area contributed by atoms with Crippen molar-refractivity contribution in [3.05, 3.63) is 0 Å². The zero-order valence-corrected chi connectivity index (χ0v) is 10.0. The maximum atomic E-state index is 12.3. The van der Waals surface area contributed by atoms with E-state index in [1.54, 1.807) is 0 Å². The Morgan fingerprint density at radius 3 is 2.22 bits per heavy atom. The van der Waals surface area contributed by atoms with Gasteiger partial charge in [-0.25, -0.2) is 0 Å². The summed E-state index contributed by atoms with van der Waals surface area (Å²) in [6, 6.07) is 0. The van der Waals surface area contributed by atoms with Crippen molar-refractivity contribution >= 4 is 11.9 Å². The maximum absolute atomic E-state index is 12.3. The molecule has 104 valence electrons. The molecule has 1 fully saturated rings. The molecule has 2 atom stereocenters. The van der Waals surface area contributed by atoms with E-state index >= 15 is 0 Å². The van der Waals surface area contributed by atoms with Gasteiger partial charge in [-0.1, -0.05) is 0 Å². The quantitative estimate of drug-likeness (QED) is 0.846. The number of carbonyl (C=O) groups excluding carboxylic acids is 1. The molecular weight excluding hydrogens is 251 g/mol. The number of aliphatic carboxylic acids is 1. The van der Waals surface area contributed by atoms with E-state index in [0.29, 0.717) is 12.8 Å². The predicted octanol–water partition coefficient (Wildman–Crippen LogP) is 1.90. The number of amides is 1. The van der Waals surface area contributed by atoms with Gasteiger partial charge in [-0.15, -0.1) is 0 Å².